The molecule has 32 heavy (non-hydrogen) atoms. The van der Waals surface area contributed by atoms with Gasteiger partial charge in [-0.25, -0.2) is 9.78 Å². The molecule has 5 rings (SSSR count). The van der Waals surface area contributed by atoms with E-state index in [1.807, 2.05) is 22.7 Å². The molecule has 0 fully saturated rings. The van der Waals surface area contributed by atoms with Crippen LogP contribution in [0.1, 0.15) is 37.0 Å². The van der Waals surface area contributed by atoms with Gasteiger partial charge in [0.1, 0.15) is 5.69 Å². The van der Waals surface area contributed by atoms with Crippen LogP contribution in [0.2, 0.25) is 0 Å². The largest absolute Gasteiger partial charge is 0.477 e. The SMILES string of the molecule is CC(C)(C)c1nccc2nc3c4[c-]cc(F)cc4ccn3c12.O=C(O)c1ccccn1.[Ir]. The second kappa shape index (κ2) is 9.10. The molecule has 165 valence electrons. The van der Waals surface area contributed by atoms with Crippen LogP contribution in [0.25, 0.3) is 27.5 Å². The molecule has 0 unspecified atom stereocenters. The molecule has 6 nitrogen and oxygen atoms in total. The minimum Gasteiger partial charge on any atom is -0.477 e. The van der Waals surface area contributed by atoms with Crippen molar-refractivity contribution in [1.29, 1.82) is 0 Å². The van der Waals surface area contributed by atoms with Crippen molar-refractivity contribution in [1.82, 2.24) is 19.4 Å². The molecule has 0 atom stereocenters. The van der Waals surface area contributed by atoms with E-state index >= 15 is 0 Å². The number of imidazole rings is 1. The summed E-state index contributed by atoms with van der Waals surface area (Å²) >= 11 is 0. The number of hydrogen-bond donors (Lipinski definition) is 1. The van der Waals surface area contributed by atoms with Crippen molar-refractivity contribution >= 4 is 33.4 Å². The smallest absolute Gasteiger partial charge is 0.354 e. The Bertz CT molecular complexity index is 1410. The molecular weight excluding hydrogens is 588 g/mol. The molecular formula is C24H20FIrN4O2-. The van der Waals surface area contributed by atoms with Crippen LogP contribution in [-0.4, -0.2) is 30.4 Å². The molecule has 4 aromatic heterocycles. The van der Waals surface area contributed by atoms with E-state index in [2.05, 4.69) is 36.8 Å². The maximum absolute atomic E-state index is 13.4. The predicted octanol–water partition coefficient (Wildman–Crippen LogP) is 5.05. The molecule has 0 aliphatic carbocycles. The number of benzene rings is 1. The third-order valence-electron chi connectivity index (χ3n) is 4.76. The van der Waals surface area contributed by atoms with Gasteiger partial charge in [0.05, 0.1) is 22.4 Å². The minimum atomic E-state index is -0.990. The average molecular weight is 608 g/mol. The van der Waals surface area contributed by atoms with Crippen LogP contribution in [0.3, 0.4) is 0 Å². The Morgan fingerprint density at radius 3 is 2.53 bits per heavy atom. The number of carboxylic acid groups (broad SMARTS) is 1. The van der Waals surface area contributed by atoms with Crippen molar-refractivity contribution in [3.8, 4) is 0 Å². The number of aromatic carboxylic acids is 1. The minimum absolute atomic E-state index is 0. The second-order valence-electron chi connectivity index (χ2n) is 8.07. The fraction of sp³-hybridized carbons (Fsp3) is 0.167. The van der Waals surface area contributed by atoms with Gasteiger partial charge in [-0.15, -0.1) is 29.0 Å². The van der Waals surface area contributed by atoms with E-state index in [9.17, 15) is 9.18 Å². The maximum Gasteiger partial charge on any atom is 0.354 e. The monoisotopic (exact) mass is 608 g/mol. The standard InChI is InChI=1S/C18H15FN3.C6H5NO2.Ir/c1-18(2,3)16-15-14(6-8-20-16)21-17-13-5-4-12(19)10-11(13)7-9-22(15)17;8-6(9)5-3-1-2-4-7-5;/h4,6-10H,1-3H3;1-4H,(H,8,9);/q-1;;. The summed E-state index contributed by atoms with van der Waals surface area (Å²) in [5.74, 6) is -1.28. The van der Waals surface area contributed by atoms with Gasteiger partial charge < -0.3 is 9.51 Å². The summed E-state index contributed by atoms with van der Waals surface area (Å²) in [6.45, 7) is 6.41. The van der Waals surface area contributed by atoms with Crippen molar-refractivity contribution in [3.63, 3.8) is 0 Å². The molecule has 0 saturated carbocycles. The molecule has 0 amide bonds. The fourth-order valence-corrected chi connectivity index (χ4v) is 3.37. The molecule has 1 N–H and O–H groups in total. The number of carbonyl (C=O) groups is 1. The van der Waals surface area contributed by atoms with Crippen LogP contribution >= 0.6 is 0 Å². The Morgan fingerprint density at radius 2 is 1.91 bits per heavy atom. The third kappa shape index (κ3) is 4.52. The van der Waals surface area contributed by atoms with E-state index in [0.717, 1.165) is 33.1 Å². The number of fused-ring (bicyclic) bond motifs is 5. The van der Waals surface area contributed by atoms with Gasteiger partial charge in [0.15, 0.2) is 0 Å². The topological polar surface area (TPSA) is 80.4 Å². The Hall–Kier alpha value is -3.22. The van der Waals surface area contributed by atoms with E-state index in [-0.39, 0.29) is 37.0 Å². The van der Waals surface area contributed by atoms with Gasteiger partial charge in [-0.05, 0) is 24.4 Å². The summed E-state index contributed by atoms with van der Waals surface area (Å²) < 4.78 is 15.4. The van der Waals surface area contributed by atoms with Crippen molar-refractivity contribution in [2.24, 2.45) is 0 Å². The Morgan fingerprint density at radius 1 is 1.12 bits per heavy atom. The second-order valence-corrected chi connectivity index (χ2v) is 8.07. The molecule has 8 heteroatoms. The molecule has 0 saturated heterocycles. The van der Waals surface area contributed by atoms with Gasteiger partial charge in [0.25, 0.3) is 0 Å². The Kier molecular flexibility index (Phi) is 6.67. The number of nitrogens with zero attached hydrogens (tertiary/aromatic N) is 4. The number of aromatic nitrogens is 4. The van der Waals surface area contributed by atoms with E-state index in [0.29, 0.717) is 0 Å². The third-order valence-corrected chi connectivity index (χ3v) is 4.76. The zero-order valence-corrected chi connectivity index (χ0v) is 20.0. The Labute approximate surface area is 197 Å². The summed E-state index contributed by atoms with van der Waals surface area (Å²) in [6.07, 6.45) is 5.17. The van der Waals surface area contributed by atoms with Crippen LogP contribution in [0.4, 0.5) is 4.39 Å². The van der Waals surface area contributed by atoms with Gasteiger partial charge in [-0.1, -0.05) is 32.9 Å². The quantitative estimate of drug-likeness (QED) is 0.270. The van der Waals surface area contributed by atoms with E-state index in [1.54, 1.807) is 18.3 Å². The maximum atomic E-state index is 13.4. The zero-order chi connectivity index (χ0) is 22.2. The number of hydrogen-bond acceptors (Lipinski definition) is 4. The van der Waals surface area contributed by atoms with Crippen molar-refractivity contribution < 1.29 is 34.4 Å². The van der Waals surface area contributed by atoms with Crippen LogP contribution in [0, 0.1) is 11.9 Å². The number of halogens is 1. The molecule has 0 aliphatic rings. The summed E-state index contributed by atoms with van der Waals surface area (Å²) in [5, 5.41) is 9.94. The summed E-state index contributed by atoms with van der Waals surface area (Å²) in [5.41, 5.74) is 3.67. The van der Waals surface area contributed by atoms with E-state index in [4.69, 9.17) is 10.1 Å². The molecule has 0 aliphatic heterocycles. The van der Waals surface area contributed by atoms with Crippen molar-refractivity contribution in [3.05, 3.63) is 84.3 Å². The molecule has 1 aromatic carbocycles. The van der Waals surface area contributed by atoms with Gasteiger partial charge in [0, 0.05) is 43.7 Å². The fourth-order valence-electron chi connectivity index (χ4n) is 3.37. The molecule has 0 bridgehead atoms. The van der Waals surface area contributed by atoms with Crippen LogP contribution in [0.15, 0.2) is 61.1 Å². The molecule has 4 heterocycles. The van der Waals surface area contributed by atoms with Crippen LogP contribution in [-0.2, 0) is 25.5 Å². The van der Waals surface area contributed by atoms with Gasteiger partial charge in [-0.3, -0.25) is 14.4 Å². The van der Waals surface area contributed by atoms with Gasteiger partial charge >= 0.3 is 5.97 Å². The first kappa shape index (κ1) is 23.4. The van der Waals surface area contributed by atoms with Crippen molar-refractivity contribution in [2.45, 2.75) is 26.2 Å². The van der Waals surface area contributed by atoms with Crippen molar-refractivity contribution in [2.75, 3.05) is 0 Å². The normalized spacial score (nSPS) is 11.1. The predicted molar refractivity (Wildman–Crippen MR) is 117 cm³/mol. The molecule has 5 aromatic rings. The molecule has 0 spiro atoms. The van der Waals surface area contributed by atoms with E-state index < -0.39 is 5.97 Å². The summed E-state index contributed by atoms with van der Waals surface area (Å²) in [7, 11) is 0. The average Bonchev–Trinajstić information content (AvgIpc) is 3.13. The first-order valence-corrected chi connectivity index (χ1v) is 9.67. The zero-order valence-electron chi connectivity index (χ0n) is 17.6. The Balaban J connectivity index is 0.000000246. The molecule has 1 radical (unpaired) electrons. The van der Waals surface area contributed by atoms with Gasteiger partial charge in [-0.2, -0.15) is 0 Å². The van der Waals surface area contributed by atoms with Gasteiger partial charge in [0.2, 0.25) is 0 Å². The first-order valence-electron chi connectivity index (χ1n) is 9.67. The van der Waals surface area contributed by atoms with E-state index in [1.165, 1.54) is 24.4 Å². The number of pyridine rings is 3. The first-order chi connectivity index (χ1) is 14.8. The number of rotatable bonds is 1. The van der Waals surface area contributed by atoms with Crippen LogP contribution < -0.4 is 0 Å². The number of carboxylic acids is 1. The summed E-state index contributed by atoms with van der Waals surface area (Å²) in [4.78, 5) is 23.0. The van der Waals surface area contributed by atoms with Crippen LogP contribution in [0.5, 0.6) is 0 Å². The summed E-state index contributed by atoms with van der Waals surface area (Å²) in [6, 6.07) is 14.4.